The van der Waals surface area contributed by atoms with Gasteiger partial charge in [0.1, 0.15) is 0 Å². The highest BCUT2D eigenvalue weighted by molar-refractivity contribution is 5.94. The Bertz CT molecular complexity index is 508. The third kappa shape index (κ3) is 1.17. The predicted molar refractivity (Wildman–Crippen MR) is 50.0 cm³/mol. The second-order valence-electron chi connectivity index (χ2n) is 2.89. The molecule has 4 heteroatoms. The molecule has 0 heterocycles. The summed E-state index contributed by atoms with van der Waals surface area (Å²) in [7, 11) is 0. The van der Waals surface area contributed by atoms with Gasteiger partial charge in [0.15, 0.2) is 0 Å². The van der Waals surface area contributed by atoms with E-state index in [1.54, 1.807) is 24.3 Å². The summed E-state index contributed by atoms with van der Waals surface area (Å²) in [6, 6.07) is 8.99. The van der Waals surface area contributed by atoms with Gasteiger partial charge in [0, 0.05) is 6.07 Å². The minimum absolute atomic E-state index is 0.0276. The first kappa shape index (κ1) is 8.50. The van der Waals surface area contributed by atoms with Crippen LogP contribution in [0.1, 0.15) is 0 Å². The van der Waals surface area contributed by atoms with Crippen molar-refractivity contribution in [3.8, 4) is 5.75 Å². The highest BCUT2D eigenvalue weighted by Crippen LogP contribution is 2.29. The van der Waals surface area contributed by atoms with Crippen molar-refractivity contribution >= 4 is 16.5 Å². The van der Waals surface area contributed by atoms with Gasteiger partial charge in [-0.15, -0.1) is 5.75 Å². The Morgan fingerprint density at radius 3 is 2.29 bits per heavy atom. The number of fused-ring (bicyclic) bond motifs is 1. The molecule has 0 saturated carbocycles. The molecule has 0 N–H and O–H groups in total. The first-order valence-electron chi connectivity index (χ1n) is 4.03. The number of nitro benzene ring substituents is 1. The van der Waals surface area contributed by atoms with E-state index in [1.807, 2.05) is 0 Å². The molecule has 0 fully saturated rings. The zero-order valence-electron chi connectivity index (χ0n) is 7.14. The van der Waals surface area contributed by atoms with Crippen LogP contribution >= 0.6 is 0 Å². The summed E-state index contributed by atoms with van der Waals surface area (Å²) in [5, 5.41) is 22.7. The summed E-state index contributed by atoms with van der Waals surface area (Å²) in [5.74, 6) is -0.189. The summed E-state index contributed by atoms with van der Waals surface area (Å²) in [6.07, 6.45) is 0. The SMILES string of the molecule is O=[N+]([O-])c1ccc([O-])c2ccccc12. The van der Waals surface area contributed by atoms with Crippen molar-refractivity contribution in [1.82, 2.24) is 0 Å². The molecule has 0 aliphatic carbocycles. The number of benzene rings is 2. The van der Waals surface area contributed by atoms with E-state index >= 15 is 0 Å². The van der Waals surface area contributed by atoms with E-state index < -0.39 is 4.92 Å². The maximum atomic E-state index is 11.3. The molecule has 0 aliphatic rings. The molecule has 0 aliphatic heterocycles. The molecule has 0 radical (unpaired) electrons. The van der Waals surface area contributed by atoms with E-state index in [0.717, 1.165) is 0 Å². The Hall–Kier alpha value is -2.10. The van der Waals surface area contributed by atoms with Crippen molar-refractivity contribution in [2.75, 3.05) is 0 Å². The Balaban J connectivity index is 2.88. The van der Waals surface area contributed by atoms with Crippen molar-refractivity contribution in [2.24, 2.45) is 0 Å². The zero-order chi connectivity index (χ0) is 10.1. The standard InChI is InChI=1S/C10H7NO3/c12-10-6-5-9(11(13)14)7-3-1-2-4-8(7)10/h1-6,12H/p-1. The van der Waals surface area contributed by atoms with Gasteiger partial charge in [0.2, 0.25) is 0 Å². The Labute approximate surface area is 79.6 Å². The molecule has 70 valence electrons. The number of hydrogen-bond donors (Lipinski definition) is 0. The molecular formula is C10H6NO3-. The van der Waals surface area contributed by atoms with E-state index in [1.165, 1.54) is 12.1 Å². The molecule has 0 atom stereocenters. The van der Waals surface area contributed by atoms with Crippen LogP contribution in [0.5, 0.6) is 5.75 Å². The maximum Gasteiger partial charge on any atom is 0.277 e. The number of hydrogen-bond acceptors (Lipinski definition) is 3. The largest absolute Gasteiger partial charge is 0.872 e. The van der Waals surface area contributed by atoms with Gasteiger partial charge < -0.3 is 5.11 Å². The van der Waals surface area contributed by atoms with Gasteiger partial charge >= 0.3 is 0 Å². The first-order valence-corrected chi connectivity index (χ1v) is 4.03. The van der Waals surface area contributed by atoms with Gasteiger partial charge in [0.25, 0.3) is 5.69 Å². The number of non-ortho nitro benzene ring substituents is 1. The fraction of sp³-hybridized carbons (Fsp3) is 0. The van der Waals surface area contributed by atoms with Crippen LogP contribution in [0, 0.1) is 10.1 Å². The van der Waals surface area contributed by atoms with Gasteiger partial charge in [0.05, 0.1) is 10.3 Å². The monoisotopic (exact) mass is 188 g/mol. The van der Waals surface area contributed by atoms with Crippen LogP contribution in [0.3, 0.4) is 0 Å². The molecule has 2 rings (SSSR count). The van der Waals surface area contributed by atoms with Crippen LogP contribution < -0.4 is 5.11 Å². The van der Waals surface area contributed by atoms with Crippen molar-refractivity contribution in [2.45, 2.75) is 0 Å². The van der Waals surface area contributed by atoms with Crippen LogP contribution in [0.15, 0.2) is 36.4 Å². The minimum Gasteiger partial charge on any atom is -0.872 e. The highest BCUT2D eigenvalue weighted by Gasteiger charge is 2.09. The molecular weight excluding hydrogens is 182 g/mol. The van der Waals surface area contributed by atoms with E-state index in [9.17, 15) is 15.2 Å². The molecule has 0 aromatic heterocycles. The van der Waals surface area contributed by atoms with E-state index in [-0.39, 0.29) is 11.4 Å². The smallest absolute Gasteiger partial charge is 0.277 e. The third-order valence-electron chi connectivity index (χ3n) is 2.06. The lowest BCUT2D eigenvalue weighted by molar-refractivity contribution is -0.383. The average Bonchev–Trinajstić information content (AvgIpc) is 2.18. The number of nitro groups is 1. The topological polar surface area (TPSA) is 66.2 Å². The fourth-order valence-electron chi connectivity index (χ4n) is 1.41. The molecule has 0 saturated heterocycles. The lowest BCUT2D eigenvalue weighted by Gasteiger charge is -2.09. The van der Waals surface area contributed by atoms with Crippen LogP contribution in [-0.4, -0.2) is 4.92 Å². The summed E-state index contributed by atoms with van der Waals surface area (Å²) in [4.78, 5) is 10.1. The molecule has 4 nitrogen and oxygen atoms in total. The van der Waals surface area contributed by atoms with Gasteiger partial charge in [-0.05, 0) is 11.5 Å². The van der Waals surface area contributed by atoms with Crippen LogP contribution in [-0.2, 0) is 0 Å². The van der Waals surface area contributed by atoms with Gasteiger partial charge in [-0.1, -0.05) is 24.3 Å². The lowest BCUT2D eigenvalue weighted by atomic mass is 10.1. The summed E-state index contributed by atoms with van der Waals surface area (Å²) >= 11 is 0. The Kier molecular flexibility index (Phi) is 1.81. The van der Waals surface area contributed by atoms with Crippen molar-refractivity contribution in [1.29, 1.82) is 0 Å². The van der Waals surface area contributed by atoms with Crippen molar-refractivity contribution < 1.29 is 10.0 Å². The third-order valence-corrected chi connectivity index (χ3v) is 2.06. The molecule has 14 heavy (non-hydrogen) atoms. The molecule has 2 aromatic rings. The lowest BCUT2D eigenvalue weighted by Crippen LogP contribution is -1.94. The zero-order valence-corrected chi connectivity index (χ0v) is 7.14. The van der Waals surface area contributed by atoms with Crippen molar-refractivity contribution in [3.63, 3.8) is 0 Å². The number of rotatable bonds is 1. The second-order valence-corrected chi connectivity index (χ2v) is 2.89. The fourth-order valence-corrected chi connectivity index (χ4v) is 1.41. The molecule has 2 aromatic carbocycles. The molecule has 0 unspecified atom stereocenters. The summed E-state index contributed by atoms with van der Waals surface area (Å²) in [5.41, 5.74) is -0.0276. The minimum atomic E-state index is -0.484. The first-order chi connectivity index (χ1) is 6.70. The van der Waals surface area contributed by atoms with Gasteiger partial charge in [-0.3, -0.25) is 10.1 Å². The van der Waals surface area contributed by atoms with Crippen LogP contribution in [0.4, 0.5) is 5.69 Å². The molecule has 0 amide bonds. The van der Waals surface area contributed by atoms with E-state index in [4.69, 9.17) is 0 Å². The van der Waals surface area contributed by atoms with Gasteiger partial charge in [-0.2, -0.15) is 0 Å². The second kappa shape index (κ2) is 2.99. The van der Waals surface area contributed by atoms with E-state index in [2.05, 4.69) is 0 Å². The Morgan fingerprint density at radius 2 is 1.64 bits per heavy atom. The molecule has 0 bridgehead atoms. The molecule has 0 spiro atoms. The summed E-state index contributed by atoms with van der Waals surface area (Å²) < 4.78 is 0. The van der Waals surface area contributed by atoms with Crippen LogP contribution in [0.2, 0.25) is 0 Å². The average molecular weight is 188 g/mol. The van der Waals surface area contributed by atoms with Crippen LogP contribution in [0.25, 0.3) is 10.8 Å². The van der Waals surface area contributed by atoms with Crippen molar-refractivity contribution in [3.05, 3.63) is 46.5 Å². The Morgan fingerprint density at radius 1 is 1.00 bits per heavy atom. The normalized spacial score (nSPS) is 10.3. The maximum absolute atomic E-state index is 11.3. The quantitative estimate of drug-likeness (QED) is 0.506. The highest BCUT2D eigenvalue weighted by atomic mass is 16.6. The predicted octanol–water partition coefficient (Wildman–Crippen LogP) is 1.82. The summed E-state index contributed by atoms with van der Waals surface area (Å²) in [6.45, 7) is 0. The number of nitrogens with zero attached hydrogens (tertiary/aromatic N) is 1. The van der Waals surface area contributed by atoms with Gasteiger partial charge in [-0.25, -0.2) is 0 Å². The van der Waals surface area contributed by atoms with E-state index in [0.29, 0.717) is 10.8 Å².